The van der Waals surface area contributed by atoms with Crippen molar-refractivity contribution in [3.05, 3.63) is 88.6 Å². The van der Waals surface area contributed by atoms with Crippen molar-refractivity contribution >= 4 is 39.8 Å². The third-order valence-corrected chi connectivity index (χ3v) is 7.92. The largest absolute Gasteiger partial charge is 0.490 e. The van der Waals surface area contributed by atoms with E-state index >= 15 is 0 Å². The van der Waals surface area contributed by atoms with Gasteiger partial charge in [-0.2, -0.15) is 0 Å². The molecule has 1 fully saturated rings. The third-order valence-electron chi connectivity index (χ3n) is 7.68. The van der Waals surface area contributed by atoms with Gasteiger partial charge >= 0.3 is 0 Å². The number of piperidine rings is 1. The van der Waals surface area contributed by atoms with Crippen molar-refractivity contribution in [1.29, 1.82) is 0 Å². The fourth-order valence-corrected chi connectivity index (χ4v) is 5.90. The predicted molar refractivity (Wildman–Crippen MR) is 155 cm³/mol. The van der Waals surface area contributed by atoms with E-state index in [1.54, 1.807) is 0 Å². The average molecular weight is 529 g/mol. The molecular weight excluding hydrogens is 496 g/mol. The summed E-state index contributed by atoms with van der Waals surface area (Å²) in [4.78, 5) is 15.8. The van der Waals surface area contributed by atoms with Gasteiger partial charge in [-0.05, 0) is 92.4 Å². The number of nitrogens with zero attached hydrogens (tertiary/aromatic N) is 2. The van der Waals surface area contributed by atoms with Crippen LogP contribution in [0.4, 0.5) is 11.4 Å². The lowest BCUT2D eigenvalue weighted by atomic mass is 9.99. The summed E-state index contributed by atoms with van der Waals surface area (Å²) in [5.41, 5.74) is 6.03. The van der Waals surface area contributed by atoms with E-state index in [9.17, 15) is 4.79 Å². The zero-order valence-electron chi connectivity index (χ0n) is 21.7. The van der Waals surface area contributed by atoms with Crippen molar-refractivity contribution in [2.75, 3.05) is 29.9 Å². The number of ether oxygens (including phenoxy) is 1. The highest BCUT2D eigenvalue weighted by atomic mass is 35.5. The molecule has 0 atom stereocenters. The molecule has 196 valence electrons. The minimum Gasteiger partial charge on any atom is -0.490 e. The first-order valence-electron chi connectivity index (χ1n) is 13.4. The fourth-order valence-electron chi connectivity index (χ4n) is 5.72. The number of nitrogens with one attached hydrogen (secondary N) is 2. The molecule has 1 saturated heterocycles. The number of para-hydroxylation sites is 1. The molecule has 1 aromatic heterocycles. The van der Waals surface area contributed by atoms with E-state index in [1.165, 1.54) is 11.1 Å². The molecule has 0 unspecified atom stereocenters. The van der Waals surface area contributed by atoms with Crippen molar-refractivity contribution in [1.82, 2.24) is 9.88 Å². The number of halogens is 1. The molecule has 4 aromatic rings. The normalized spacial score (nSPS) is 15.9. The number of benzene rings is 3. The van der Waals surface area contributed by atoms with E-state index in [2.05, 4.69) is 45.9 Å². The quantitative estimate of drug-likeness (QED) is 0.314. The maximum Gasteiger partial charge on any atom is 0.272 e. The third kappa shape index (κ3) is 5.11. The summed E-state index contributed by atoms with van der Waals surface area (Å²) in [7, 11) is 1.91. The monoisotopic (exact) mass is 528 g/mol. The first kappa shape index (κ1) is 24.8. The van der Waals surface area contributed by atoms with E-state index < -0.39 is 0 Å². The summed E-state index contributed by atoms with van der Waals surface area (Å²) in [5.74, 6) is 0.807. The summed E-state index contributed by atoms with van der Waals surface area (Å²) in [5, 5.41) is 8.21. The summed E-state index contributed by atoms with van der Waals surface area (Å²) in [6.45, 7) is 3.76. The number of hydrogen-bond donors (Lipinski definition) is 2. The molecule has 0 radical (unpaired) electrons. The molecule has 3 aromatic carbocycles. The molecule has 0 bridgehead atoms. The predicted octanol–water partition coefficient (Wildman–Crippen LogP) is 6.17. The van der Waals surface area contributed by atoms with E-state index in [-0.39, 0.29) is 5.91 Å². The molecule has 3 heterocycles. The van der Waals surface area contributed by atoms with E-state index in [1.807, 2.05) is 48.0 Å². The maximum absolute atomic E-state index is 13.4. The molecule has 2 N–H and O–H groups in total. The summed E-state index contributed by atoms with van der Waals surface area (Å²) in [6, 6.07) is 22.3. The SMILES string of the molecule is Cn1c(C(=O)Nc2cccc3c2N(Cc2ccc(OC4CCNCC4)cc2)CCC3)cc2cc(Cl)ccc21. The zero-order chi connectivity index (χ0) is 26.1. The maximum atomic E-state index is 13.4. The Morgan fingerprint density at radius 3 is 2.71 bits per heavy atom. The van der Waals surface area contributed by atoms with Gasteiger partial charge in [0.25, 0.3) is 5.91 Å². The van der Waals surface area contributed by atoms with E-state index in [0.717, 1.165) is 79.9 Å². The molecular formula is C31H33ClN4O2. The number of aryl methyl sites for hydroxylation is 2. The highest BCUT2D eigenvalue weighted by Gasteiger charge is 2.23. The topological polar surface area (TPSA) is 58.5 Å². The Labute approximate surface area is 228 Å². The lowest BCUT2D eigenvalue weighted by Gasteiger charge is -2.33. The number of fused-ring (bicyclic) bond motifs is 2. The van der Waals surface area contributed by atoms with Crippen LogP contribution in [0.15, 0.2) is 66.7 Å². The van der Waals surface area contributed by atoms with Gasteiger partial charge < -0.3 is 24.8 Å². The van der Waals surface area contributed by atoms with E-state index in [4.69, 9.17) is 16.3 Å². The highest BCUT2D eigenvalue weighted by molar-refractivity contribution is 6.31. The molecule has 0 saturated carbocycles. The second kappa shape index (κ2) is 10.7. The summed E-state index contributed by atoms with van der Waals surface area (Å²) < 4.78 is 8.11. The van der Waals surface area contributed by atoms with Gasteiger partial charge in [0.2, 0.25) is 0 Å². The summed E-state index contributed by atoms with van der Waals surface area (Å²) >= 11 is 6.18. The molecule has 0 aliphatic carbocycles. The number of anilines is 2. The van der Waals surface area contributed by atoms with Crippen LogP contribution in [0.5, 0.6) is 5.75 Å². The Morgan fingerprint density at radius 1 is 1.08 bits per heavy atom. The van der Waals surface area contributed by atoms with Crippen LogP contribution in [0.3, 0.4) is 0 Å². The molecule has 38 heavy (non-hydrogen) atoms. The van der Waals surface area contributed by atoms with Crippen molar-refractivity contribution in [2.45, 2.75) is 38.3 Å². The Morgan fingerprint density at radius 2 is 1.89 bits per heavy atom. The Bertz CT molecular complexity index is 1460. The smallest absolute Gasteiger partial charge is 0.272 e. The van der Waals surface area contributed by atoms with Crippen LogP contribution >= 0.6 is 11.6 Å². The molecule has 6 rings (SSSR count). The Balaban J connectivity index is 1.21. The molecule has 0 spiro atoms. The summed E-state index contributed by atoms with van der Waals surface area (Å²) in [6.07, 6.45) is 4.48. The first-order chi connectivity index (χ1) is 18.5. The molecule has 2 aliphatic rings. The van der Waals surface area contributed by atoms with Gasteiger partial charge in [-0.1, -0.05) is 35.9 Å². The molecule has 6 nitrogen and oxygen atoms in total. The Hall–Kier alpha value is -3.48. The van der Waals surface area contributed by atoms with Gasteiger partial charge in [-0.3, -0.25) is 4.79 Å². The number of carbonyl (C=O) groups is 1. The molecule has 7 heteroatoms. The number of carbonyl (C=O) groups excluding carboxylic acids is 1. The first-order valence-corrected chi connectivity index (χ1v) is 13.8. The standard InChI is InChI=1S/C31H33ClN4O2/c1-35-28-12-9-24(32)18-23(28)19-29(35)31(37)34-27-6-2-4-22-5-3-17-36(30(22)27)20-21-7-10-25(11-8-21)38-26-13-15-33-16-14-26/h2,4,6-12,18-19,26,33H,3,5,13-17,20H2,1H3,(H,34,37). The van der Waals surface area contributed by atoms with Gasteiger partial charge in [0.05, 0.1) is 11.4 Å². The van der Waals surface area contributed by atoms with Crippen LogP contribution in [0.25, 0.3) is 10.9 Å². The van der Waals surface area contributed by atoms with Gasteiger partial charge in [0.1, 0.15) is 17.5 Å². The molecule has 1 amide bonds. The Kier molecular flexibility index (Phi) is 7.00. The number of amides is 1. The van der Waals surface area contributed by atoms with Crippen LogP contribution in [0, 0.1) is 0 Å². The number of aromatic nitrogens is 1. The van der Waals surface area contributed by atoms with Crippen LogP contribution in [-0.4, -0.2) is 36.2 Å². The van der Waals surface area contributed by atoms with Crippen LogP contribution in [0.1, 0.15) is 40.9 Å². The van der Waals surface area contributed by atoms with E-state index in [0.29, 0.717) is 16.8 Å². The van der Waals surface area contributed by atoms with Gasteiger partial charge in [-0.15, -0.1) is 0 Å². The highest BCUT2D eigenvalue weighted by Crippen LogP contribution is 2.36. The minimum absolute atomic E-state index is 0.127. The van der Waals surface area contributed by atoms with Crippen molar-refractivity contribution in [3.8, 4) is 5.75 Å². The average Bonchev–Trinajstić information content (AvgIpc) is 3.26. The van der Waals surface area contributed by atoms with Crippen molar-refractivity contribution < 1.29 is 9.53 Å². The number of rotatable bonds is 6. The van der Waals surface area contributed by atoms with Gasteiger partial charge in [0, 0.05) is 36.1 Å². The lowest BCUT2D eigenvalue weighted by molar-refractivity contribution is 0.101. The molecule has 2 aliphatic heterocycles. The minimum atomic E-state index is -0.127. The number of hydrogen-bond acceptors (Lipinski definition) is 4. The second-order valence-corrected chi connectivity index (χ2v) is 10.7. The second-order valence-electron chi connectivity index (χ2n) is 10.3. The fraction of sp³-hybridized carbons (Fsp3) is 0.323. The van der Waals surface area contributed by atoms with Crippen LogP contribution in [0.2, 0.25) is 5.02 Å². The lowest BCUT2D eigenvalue weighted by Crippen LogP contribution is -2.34. The van der Waals surface area contributed by atoms with Crippen molar-refractivity contribution in [2.24, 2.45) is 7.05 Å². The van der Waals surface area contributed by atoms with Crippen LogP contribution < -0.4 is 20.3 Å². The van der Waals surface area contributed by atoms with Crippen molar-refractivity contribution in [3.63, 3.8) is 0 Å². The van der Waals surface area contributed by atoms with Gasteiger partial charge in [0.15, 0.2) is 0 Å². The van der Waals surface area contributed by atoms with Gasteiger partial charge in [-0.25, -0.2) is 0 Å². The zero-order valence-corrected chi connectivity index (χ0v) is 22.4. The van der Waals surface area contributed by atoms with Crippen LogP contribution in [-0.2, 0) is 20.0 Å².